The Morgan fingerprint density at radius 3 is 2.58 bits per heavy atom. The lowest BCUT2D eigenvalue weighted by Gasteiger charge is -2.20. The molecule has 1 aromatic carbocycles. The second kappa shape index (κ2) is 7.52. The Balaban J connectivity index is 1.82. The normalized spacial score (nSPS) is 16.6. The van der Waals surface area contributed by atoms with Gasteiger partial charge in [0.1, 0.15) is 0 Å². The molecule has 19 heavy (non-hydrogen) atoms. The maximum absolute atomic E-state index is 8.94. The number of anilines is 1. The van der Waals surface area contributed by atoms with Gasteiger partial charge in [-0.25, -0.2) is 0 Å². The number of likely N-dealkylation sites (tertiary alicyclic amines) is 1. The molecule has 2 rings (SSSR count). The quantitative estimate of drug-likeness (QED) is 0.920. The average Bonchev–Trinajstić information content (AvgIpc) is 2.67. The molecule has 0 radical (unpaired) electrons. The van der Waals surface area contributed by atoms with Crippen molar-refractivity contribution < 1.29 is 0 Å². The van der Waals surface area contributed by atoms with Crippen molar-refractivity contribution in [3.63, 3.8) is 0 Å². The van der Waals surface area contributed by atoms with Crippen LogP contribution in [0.4, 0.5) is 5.69 Å². The first-order valence-electron chi connectivity index (χ1n) is 6.95. The maximum Gasteiger partial charge on any atom is 0.0992 e. The van der Waals surface area contributed by atoms with Crippen molar-refractivity contribution in [2.45, 2.75) is 25.7 Å². The van der Waals surface area contributed by atoms with E-state index < -0.39 is 0 Å². The third-order valence-corrected chi connectivity index (χ3v) is 3.94. The number of benzene rings is 1. The number of rotatable bonds is 4. The first-order valence-corrected chi connectivity index (χ1v) is 7.74. The van der Waals surface area contributed by atoms with E-state index in [0.29, 0.717) is 5.56 Å². The summed E-state index contributed by atoms with van der Waals surface area (Å²) in [5, 5.41) is 12.3. The molecule has 0 bridgehead atoms. The molecule has 1 aliphatic rings. The van der Waals surface area contributed by atoms with Crippen LogP contribution < -0.4 is 5.32 Å². The summed E-state index contributed by atoms with van der Waals surface area (Å²) in [6, 6.07) is 7.92. The fourth-order valence-electron chi connectivity index (χ4n) is 2.47. The number of hydrogen-bond acceptors (Lipinski definition) is 3. The predicted octanol–water partition coefficient (Wildman–Crippen LogP) is 3.61. The summed E-state index contributed by atoms with van der Waals surface area (Å²) in [7, 11) is 0. The molecule has 0 aromatic heterocycles. The molecule has 0 amide bonds. The Morgan fingerprint density at radius 2 is 1.89 bits per heavy atom. The Hall–Kier alpha value is -1.05. The summed E-state index contributed by atoms with van der Waals surface area (Å²) in [4.78, 5) is 2.53. The molecule has 3 nitrogen and oxygen atoms in total. The van der Waals surface area contributed by atoms with Crippen LogP contribution in [0.3, 0.4) is 0 Å². The van der Waals surface area contributed by atoms with Crippen molar-refractivity contribution in [2.24, 2.45) is 0 Å². The van der Waals surface area contributed by atoms with Crippen molar-refractivity contribution in [1.29, 1.82) is 5.26 Å². The van der Waals surface area contributed by atoms with Gasteiger partial charge in [0, 0.05) is 23.2 Å². The molecule has 0 atom stereocenters. The summed E-state index contributed by atoms with van der Waals surface area (Å²) in [5.41, 5.74) is 1.70. The Labute approximate surface area is 123 Å². The van der Waals surface area contributed by atoms with Crippen LogP contribution in [-0.2, 0) is 0 Å². The minimum absolute atomic E-state index is 0.687. The lowest BCUT2D eigenvalue weighted by Crippen LogP contribution is -2.29. The largest absolute Gasteiger partial charge is 0.384 e. The molecule has 1 fully saturated rings. The van der Waals surface area contributed by atoms with Gasteiger partial charge >= 0.3 is 0 Å². The van der Waals surface area contributed by atoms with Crippen LogP contribution in [0.15, 0.2) is 22.7 Å². The molecule has 102 valence electrons. The topological polar surface area (TPSA) is 39.1 Å². The van der Waals surface area contributed by atoms with Crippen LogP contribution in [0.5, 0.6) is 0 Å². The molecule has 0 unspecified atom stereocenters. The number of nitriles is 1. The first kappa shape index (κ1) is 14.4. The van der Waals surface area contributed by atoms with Crippen LogP contribution >= 0.6 is 15.9 Å². The monoisotopic (exact) mass is 321 g/mol. The maximum atomic E-state index is 8.94. The molecule has 1 saturated heterocycles. The molecule has 1 heterocycles. The first-order chi connectivity index (χ1) is 9.28. The van der Waals surface area contributed by atoms with E-state index in [9.17, 15) is 0 Å². The van der Waals surface area contributed by atoms with E-state index >= 15 is 0 Å². The van der Waals surface area contributed by atoms with Gasteiger partial charge in [0.15, 0.2) is 0 Å². The van der Waals surface area contributed by atoms with E-state index in [1.807, 2.05) is 18.2 Å². The zero-order valence-corrected chi connectivity index (χ0v) is 12.7. The summed E-state index contributed by atoms with van der Waals surface area (Å²) < 4.78 is 0.948. The molecule has 0 aliphatic carbocycles. The van der Waals surface area contributed by atoms with E-state index in [-0.39, 0.29) is 0 Å². The molecule has 0 spiro atoms. The summed E-state index contributed by atoms with van der Waals surface area (Å²) in [6.07, 6.45) is 5.41. The Morgan fingerprint density at radius 1 is 1.16 bits per heavy atom. The van der Waals surface area contributed by atoms with Crippen LogP contribution in [0.25, 0.3) is 0 Å². The van der Waals surface area contributed by atoms with Gasteiger partial charge < -0.3 is 10.2 Å². The standard InChI is InChI=1S/C15H20BrN3/c16-14-9-13(12-17)10-15(11-14)18-5-8-19-6-3-1-2-4-7-19/h9-11,18H,1-8H2. The fraction of sp³-hybridized carbons (Fsp3) is 0.533. The number of nitrogens with one attached hydrogen (secondary N) is 1. The molecular formula is C15H20BrN3. The van der Waals surface area contributed by atoms with E-state index in [1.54, 1.807) is 0 Å². The predicted molar refractivity (Wildman–Crippen MR) is 82.3 cm³/mol. The lowest BCUT2D eigenvalue weighted by molar-refractivity contribution is 0.296. The van der Waals surface area contributed by atoms with E-state index in [0.717, 1.165) is 23.2 Å². The third-order valence-electron chi connectivity index (χ3n) is 3.48. The summed E-state index contributed by atoms with van der Waals surface area (Å²) in [5.74, 6) is 0. The number of hydrogen-bond donors (Lipinski definition) is 1. The molecule has 1 N–H and O–H groups in total. The van der Waals surface area contributed by atoms with Crippen molar-refractivity contribution in [2.75, 3.05) is 31.5 Å². The molecule has 0 saturated carbocycles. The number of halogens is 1. The van der Waals surface area contributed by atoms with Gasteiger partial charge in [-0.1, -0.05) is 28.8 Å². The third kappa shape index (κ3) is 4.85. The second-order valence-electron chi connectivity index (χ2n) is 5.02. The van der Waals surface area contributed by atoms with Crippen molar-refractivity contribution >= 4 is 21.6 Å². The van der Waals surface area contributed by atoms with Crippen molar-refractivity contribution in [1.82, 2.24) is 4.90 Å². The average molecular weight is 322 g/mol. The van der Waals surface area contributed by atoms with Crippen LogP contribution in [0.1, 0.15) is 31.2 Å². The minimum atomic E-state index is 0.687. The van der Waals surface area contributed by atoms with Gasteiger partial charge in [0.2, 0.25) is 0 Å². The van der Waals surface area contributed by atoms with Crippen molar-refractivity contribution in [3.8, 4) is 6.07 Å². The van der Waals surface area contributed by atoms with E-state index in [2.05, 4.69) is 32.2 Å². The van der Waals surface area contributed by atoms with Crippen molar-refractivity contribution in [3.05, 3.63) is 28.2 Å². The summed E-state index contributed by atoms with van der Waals surface area (Å²) >= 11 is 3.43. The second-order valence-corrected chi connectivity index (χ2v) is 5.94. The minimum Gasteiger partial charge on any atom is -0.384 e. The zero-order chi connectivity index (χ0) is 13.5. The van der Waals surface area contributed by atoms with Crippen LogP contribution in [0.2, 0.25) is 0 Å². The summed E-state index contributed by atoms with van der Waals surface area (Å²) in [6.45, 7) is 4.46. The SMILES string of the molecule is N#Cc1cc(Br)cc(NCCN2CCCCCC2)c1. The van der Waals surface area contributed by atoms with Gasteiger partial charge in [0.05, 0.1) is 11.6 Å². The smallest absolute Gasteiger partial charge is 0.0992 e. The molecule has 1 aromatic rings. The molecule has 4 heteroatoms. The highest BCUT2D eigenvalue weighted by Crippen LogP contribution is 2.19. The van der Waals surface area contributed by atoms with Gasteiger partial charge in [-0.3, -0.25) is 0 Å². The highest BCUT2D eigenvalue weighted by Gasteiger charge is 2.08. The van der Waals surface area contributed by atoms with Gasteiger partial charge in [-0.2, -0.15) is 5.26 Å². The van der Waals surface area contributed by atoms with E-state index in [1.165, 1.54) is 38.8 Å². The van der Waals surface area contributed by atoms with Gasteiger partial charge in [-0.05, 0) is 44.1 Å². The fourth-order valence-corrected chi connectivity index (χ4v) is 2.97. The highest BCUT2D eigenvalue weighted by atomic mass is 79.9. The lowest BCUT2D eigenvalue weighted by atomic mass is 10.2. The van der Waals surface area contributed by atoms with Crippen LogP contribution in [0, 0.1) is 11.3 Å². The van der Waals surface area contributed by atoms with Crippen LogP contribution in [-0.4, -0.2) is 31.1 Å². The highest BCUT2D eigenvalue weighted by molar-refractivity contribution is 9.10. The Kier molecular flexibility index (Phi) is 5.68. The zero-order valence-electron chi connectivity index (χ0n) is 11.2. The number of nitrogens with zero attached hydrogens (tertiary/aromatic N) is 2. The van der Waals surface area contributed by atoms with Gasteiger partial charge in [-0.15, -0.1) is 0 Å². The Bertz CT molecular complexity index is 445. The van der Waals surface area contributed by atoms with E-state index in [4.69, 9.17) is 5.26 Å². The molecule has 1 aliphatic heterocycles. The van der Waals surface area contributed by atoms with Gasteiger partial charge in [0.25, 0.3) is 0 Å². The molecular weight excluding hydrogens is 302 g/mol.